The molecule has 1 unspecified atom stereocenters. The molecule has 1 aliphatic carbocycles. The fraction of sp³-hybridized carbons (Fsp3) is 0.375. The maximum Gasteiger partial charge on any atom is 0.261 e. The largest absolute Gasteiger partial charge is 0.393 e. The Labute approximate surface area is 138 Å². The highest BCUT2D eigenvalue weighted by Gasteiger charge is 2.35. The van der Waals surface area contributed by atoms with Crippen LogP contribution in [0.1, 0.15) is 28.1 Å². The quantitative estimate of drug-likeness (QED) is 0.882. The Bertz CT molecular complexity index is 641. The van der Waals surface area contributed by atoms with Crippen molar-refractivity contribution in [1.29, 1.82) is 0 Å². The van der Waals surface area contributed by atoms with E-state index < -0.39 is 0 Å². The van der Waals surface area contributed by atoms with Gasteiger partial charge in [-0.05, 0) is 55.0 Å². The minimum Gasteiger partial charge on any atom is -0.393 e. The number of nitrogens with zero attached hydrogens (tertiary/aromatic N) is 1. The van der Waals surface area contributed by atoms with Crippen LogP contribution in [-0.2, 0) is 6.42 Å². The van der Waals surface area contributed by atoms with E-state index in [1.165, 1.54) is 11.3 Å². The first-order chi connectivity index (χ1) is 10.6. The van der Waals surface area contributed by atoms with Crippen LogP contribution >= 0.6 is 22.9 Å². The number of rotatable bonds is 5. The van der Waals surface area contributed by atoms with Crippen LogP contribution in [0.2, 0.25) is 4.34 Å². The molecule has 0 saturated heterocycles. The monoisotopic (exact) mass is 336 g/mol. The number of halogens is 1. The van der Waals surface area contributed by atoms with Gasteiger partial charge in [-0.25, -0.2) is 0 Å². The summed E-state index contributed by atoms with van der Waals surface area (Å²) in [4.78, 5) is 17.0. The third-order valence-electron chi connectivity index (χ3n) is 4.04. The molecule has 4 nitrogen and oxygen atoms in total. The van der Waals surface area contributed by atoms with Gasteiger partial charge in [0.25, 0.3) is 5.91 Å². The number of carbonyl (C=O) groups is 1. The predicted molar refractivity (Wildman–Crippen MR) is 87.3 cm³/mol. The maximum atomic E-state index is 12.4. The van der Waals surface area contributed by atoms with Gasteiger partial charge in [-0.1, -0.05) is 11.6 Å². The molecular formula is C16H17ClN2O2S. The fourth-order valence-corrected chi connectivity index (χ4v) is 3.69. The molecule has 1 atom stereocenters. The van der Waals surface area contributed by atoms with Gasteiger partial charge in [0.1, 0.15) is 0 Å². The van der Waals surface area contributed by atoms with E-state index in [1.807, 2.05) is 12.1 Å². The van der Waals surface area contributed by atoms with E-state index in [0.29, 0.717) is 15.1 Å². The lowest BCUT2D eigenvalue weighted by Gasteiger charge is -2.38. The van der Waals surface area contributed by atoms with E-state index in [9.17, 15) is 9.90 Å². The third-order valence-corrected chi connectivity index (χ3v) is 5.27. The molecule has 0 radical (unpaired) electrons. The summed E-state index contributed by atoms with van der Waals surface area (Å²) in [5.74, 6) is 0.208. The van der Waals surface area contributed by atoms with Crippen LogP contribution in [-0.4, -0.2) is 28.1 Å². The molecule has 3 rings (SSSR count). The highest BCUT2D eigenvalue weighted by atomic mass is 35.5. The standard InChI is InChI=1S/C16H17ClN2O2S/c17-15-2-1-14(22-15)16(21)19-13(11-8-12(20)9-11)7-10-3-5-18-6-4-10/h1-6,11-13,20H,7-9H2,(H,19,21). The zero-order valence-corrected chi connectivity index (χ0v) is 13.5. The first-order valence-electron chi connectivity index (χ1n) is 7.25. The lowest BCUT2D eigenvalue weighted by Crippen LogP contribution is -2.48. The van der Waals surface area contributed by atoms with Gasteiger partial charge in [0.15, 0.2) is 0 Å². The van der Waals surface area contributed by atoms with E-state index in [4.69, 9.17) is 11.6 Å². The maximum absolute atomic E-state index is 12.4. The normalized spacial score (nSPS) is 21.9. The number of hydrogen-bond donors (Lipinski definition) is 2. The Morgan fingerprint density at radius 1 is 1.36 bits per heavy atom. The van der Waals surface area contributed by atoms with Gasteiger partial charge in [-0.15, -0.1) is 11.3 Å². The zero-order chi connectivity index (χ0) is 15.5. The molecule has 2 N–H and O–H groups in total. The molecule has 0 bridgehead atoms. The van der Waals surface area contributed by atoms with Gasteiger partial charge in [0.2, 0.25) is 0 Å². The summed E-state index contributed by atoms with van der Waals surface area (Å²) in [6, 6.07) is 7.39. The van der Waals surface area contributed by atoms with Crippen molar-refractivity contribution in [2.24, 2.45) is 5.92 Å². The number of hydrogen-bond acceptors (Lipinski definition) is 4. The van der Waals surface area contributed by atoms with Crippen molar-refractivity contribution in [3.63, 3.8) is 0 Å². The number of aromatic nitrogens is 1. The van der Waals surface area contributed by atoms with Crippen molar-refractivity contribution < 1.29 is 9.90 Å². The number of nitrogens with one attached hydrogen (secondary N) is 1. The number of thiophene rings is 1. The number of aliphatic hydroxyl groups is 1. The van der Waals surface area contributed by atoms with Gasteiger partial charge >= 0.3 is 0 Å². The van der Waals surface area contributed by atoms with E-state index in [-0.39, 0.29) is 18.1 Å². The Morgan fingerprint density at radius 2 is 2.09 bits per heavy atom. The summed E-state index contributed by atoms with van der Waals surface area (Å²) in [7, 11) is 0. The lowest BCUT2D eigenvalue weighted by atomic mass is 9.75. The summed E-state index contributed by atoms with van der Waals surface area (Å²) < 4.78 is 0.606. The SMILES string of the molecule is O=C(NC(Cc1ccncc1)C1CC(O)C1)c1ccc(Cl)s1. The van der Waals surface area contributed by atoms with Crippen LogP contribution in [0.5, 0.6) is 0 Å². The van der Waals surface area contributed by atoms with Crippen LogP contribution in [0.3, 0.4) is 0 Å². The van der Waals surface area contributed by atoms with Crippen molar-refractivity contribution in [2.45, 2.75) is 31.4 Å². The van der Waals surface area contributed by atoms with E-state index in [0.717, 1.165) is 24.8 Å². The molecule has 6 heteroatoms. The molecule has 2 aromatic heterocycles. The molecule has 2 aromatic rings. The molecule has 1 saturated carbocycles. The van der Waals surface area contributed by atoms with E-state index in [2.05, 4.69) is 10.3 Å². The van der Waals surface area contributed by atoms with Crippen molar-refractivity contribution in [3.05, 3.63) is 51.4 Å². The van der Waals surface area contributed by atoms with Crippen LogP contribution in [0, 0.1) is 5.92 Å². The minimum atomic E-state index is -0.238. The number of pyridine rings is 1. The van der Waals surface area contributed by atoms with Crippen molar-refractivity contribution in [3.8, 4) is 0 Å². The first kappa shape index (κ1) is 15.5. The van der Waals surface area contributed by atoms with Crippen LogP contribution < -0.4 is 5.32 Å². The molecule has 2 heterocycles. The Balaban J connectivity index is 1.69. The van der Waals surface area contributed by atoms with Gasteiger partial charge < -0.3 is 10.4 Å². The second-order valence-corrected chi connectivity index (χ2v) is 7.34. The molecule has 1 fully saturated rings. The molecule has 22 heavy (non-hydrogen) atoms. The summed E-state index contributed by atoms with van der Waals surface area (Å²) >= 11 is 7.17. The van der Waals surface area contributed by atoms with Gasteiger partial charge in [-0.3, -0.25) is 9.78 Å². The van der Waals surface area contributed by atoms with Crippen LogP contribution in [0.25, 0.3) is 0 Å². The summed E-state index contributed by atoms with van der Waals surface area (Å²) in [5.41, 5.74) is 1.13. The first-order valence-corrected chi connectivity index (χ1v) is 8.44. The zero-order valence-electron chi connectivity index (χ0n) is 11.9. The van der Waals surface area contributed by atoms with Gasteiger partial charge in [-0.2, -0.15) is 0 Å². The fourth-order valence-electron chi connectivity index (χ4n) is 2.74. The second kappa shape index (κ2) is 6.77. The number of aliphatic hydroxyl groups excluding tert-OH is 1. The molecule has 1 aliphatic rings. The molecule has 0 spiro atoms. The average Bonchev–Trinajstić information content (AvgIpc) is 2.91. The summed E-state index contributed by atoms with van der Waals surface area (Å²) in [6.45, 7) is 0. The highest BCUT2D eigenvalue weighted by Crippen LogP contribution is 2.32. The Hall–Kier alpha value is -1.43. The molecule has 116 valence electrons. The molecular weight excluding hydrogens is 320 g/mol. The van der Waals surface area contributed by atoms with Crippen molar-refractivity contribution in [1.82, 2.24) is 10.3 Å². The molecule has 0 aliphatic heterocycles. The highest BCUT2D eigenvalue weighted by molar-refractivity contribution is 7.17. The van der Waals surface area contributed by atoms with Gasteiger partial charge in [0.05, 0.1) is 15.3 Å². The number of carbonyl (C=O) groups excluding carboxylic acids is 1. The minimum absolute atomic E-state index is 0.0131. The predicted octanol–water partition coefficient (Wildman–Crippen LogP) is 2.91. The number of amides is 1. The van der Waals surface area contributed by atoms with E-state index >= 15 is 0 Å². The molecule has 1 amide bonds. The Morgan fingerprint density at radius 3 is 2.68 bits per heavy atom. The topological polar surface area (TPSA) is 62.2 Å². The molecule has 0 aromatic carbocycles. The van der Waals surface area contributed by atoms with Crippen LogP contribution in [0.4, 0.5) is 0 Å². The van der Waals surface area contributed by atoms with Crippen LogP contribution in [0.15, 0.2) is 36.7 Å². The van der Waals surface area contributed by atoms with Crippen molar-refractivity contribution in [2.75, 3.05) is 0 Å². The average molecular weight is 337 g/mol. The van der Waals surface area contributed by atoms with Crippen molar-refractivity contribution >= 4 is 28.8 Å². The van der Waals surface area contributed by atoms with E-state index in [1.54, 1.807) is 24.5 Å². The Kier molecular flexibility index (Phi) is 4.76. The lowest BCUT2D eigenvalue weighted by molar-refractivity contribution is 0.0240. The second-order valence-electron chi connectivity index (χ2n) is 5.63. The third kappa shape index (κ3) is 3.66. The van der Waals surface area contributed by atoms with Gasteiger partial charge in [0, 0.05) is 18.4 Å². The smallest absolute Gasteiger partial charge is 0.261 e. The summed E-state index contributed by atoms with van der Waals surface area (Å²) in [6.07, 6.45) is 5.48. The summed E-state index contributed by atoms with van der Waals surface area (Å²) in [5, 5.41) is 12.6.